The molecule has 1 aromatic heterocycles. The van der Waals surface area contributed by atoms with E-state index in [-0.39, 0.29) is 31.8 Å². The maximum atomic E-state index is 13.5. The van der Waals surface area contributed by atoms with E-state index in [4.69, 9.17) is 15.0 Å². The lowest BCUT2D eigenvalue weighted by Gasteiger charge is -2.21. The summed E-state index contributed by atoms with van der Waals surface area (Å²) in [4.78, 5) is 45.6. The Bertz CT molecular complexity index is 1310. The molecule has 10 nitrogen and oxygen atoms in total. The first-order valence-corrected chi connectivity index (χ1v) is 11.1. The number of nitrogens with zero attached hydrogens (tertiary/aromatic N) is 5. The fourth-order valence-electron chi connectivity index (χ4n) is 3.54. The zero-order chi connectivity index (χ0) is 25.4. The van der Waals surface area contributed by atoms with Crippen LogP contribution in [0.4, 0.5) is 0 Å². The molecule has 1 heterocycles. The molecule has 0 fully saturated rings. The Morgan fingerprint density at radius 2 is 1.80 bits per heavy atom. The molecule has 35 heavy (non-hydrogen) atoms. The molecule has 0 radical (unpaired) electrons. The third-order valence-electron chi connectivity index (χ3n) is 5.05. The van der Waals surface area contributed by atoms with Gasteiger partial charge in [0.25, 0.3) is 5.56 Å². The van der Waals surface area contributed by atoms with E-state index in [2.05, 4.69) is 15.0 Å². The van der Waals surface area contributed by atoms with E-state index in [0.29, 0.717) is 16.6 Å². The second-order valence-corrected chi connectivity index (χ2v) is 8.86. The highest BCUT2D eigenvalue weighted by molar-refractivity contribution is 5.89. The fraction of sp³-hybridized carbons (Fsp3) is 0.360. The van der Waals surface area contributed by atoms with Crippen molar-refractivity contribution in [1.82, 2.24) is 9.55 Å². The SMILES string of the molecule is CC(C)(C)OC(=O)Cn1c(=O)c([C@H](CCOC(=O)c2ccccc2)CN=[N+]=[N-])nc2ccccc21. The summed E-state index contributed by atoms with van der Waals surface area (Å²) >= 11 is 0. The van der Waals surface area contributed by atoms with Crippen molar-refractivity contribution in [3.63, 3.8) is 0 Å². The zero-order valence-electron chi connectivity index (χ0n) is 19.9. The average molecular weight is 478 g/mol. The smallest absolute Gasteiger partial charge is 0.338 e. The highest BCUT2D eigenvalue weighted by Gasteiger charge is 2.23. The summed E-state index contributed by atoms with van der Waals surface area (Å²) in [6.07, 6.45) is 0.199. The monoisotopic (exact) mass is 477 g/mol. The van der Waals surface area contributed by atoms with E-state index < -0.39 is 29.0 Å². The molecular formula is C25H27N5O5. The highest BCUT2D eigenvalue weighted by atomic mass is 16.6. The first-order valence-electron chi connectivity index (χ1n) is 11.1. The number of carbonyl (C=O) groups excluding carboxylic acids is 2. The number of hydrogen-bond acceptors (Lipinski definition) is 7. The number of benzene rings is 2. The van der Waals surface area contributed by atoms with Crippen LogP contribution in [-0.2, 0) is 20.8 Å². The molecule has 0 spiro atoms. The lowest BCUT2D eigenvalue weighted by atomic mass is 10.0. The van der Waals surface area contributed by atoms with Gasteiger partial charge in [-0.3, -0.25) is 14.2 Å². The van der Waals surface area contributed by atoms with E-state index in [1.807, 2.05) is 0 Å². The maximum Gasteiger partial charge on any atom is 0.338 e. The Labute approximate surface area is 202 Å². The second kappa shape index (κ2) is 11.3. The maximum absolute atomic E-state index is 13.5. The molecule has 0 unspecified atom stereocenters. The molecule has 0 bridgehead atoms. The normalized spacial score (nSPS) is 12.0. The molecule has 3 rings (SSSR count). The summed E-state index contributed by atoms with van der Waals surface area (Å²) < 4.78 is 12.1. The number of carbonyl (C=O) groups is 2. The topological polar surface area (TPSA) is 136 Å². The number of aromatic nitrogens is 2. The predicted molar refractivity (Wildman–Crippen MR) is 130 cm³/mol. The first-order chi connectivity index (χ1) is 16.7. The van der Waals surface area contributed by atoms with Crippen LogP contribution in [0.2, 0.25) is 0 Å². The van der Waals surface area contributed by atoms with E-state index in [1.54, 1.807) is 75.4 Å². The minimum absolute atomic E-state index is 0.0145. The Balaban J connectivity index is 1.91. The van der Waals surface area contributed by atoms with Crippen molar-refractivity contribution in [2.75, 3.05) is 13.2 Å². The molecule has 0 aliphatic rings. The van der Waals surface area contributed by atoms with Gasteiger partial charge in [-0.1, -0.05) is 35.4 Å². The van der Waals surface area contributed by atoms with Crippen LogP contribution in [-0.4, -0.2) is 40.2 Å². The largest absolute Gasteiger partial charge is 0.462 e. The van der Waals surface area contributed by atoms with Crippen LogP contribution in [0.15, 0.2) is 64.5 Å². The van der Waals surface area contributed by atoms with Crippen molar-refractivity contribution in [2.45, 2.75) is 45.3 Å². The lowest BCUT2D eigenvalue weighted by molar-refractivity contribution is -0.155. The fourth-order valence-corrected chi connectivity index (χ4v) is 3.54. The van der Waals surface area contributed by atoms with Crippen molar-refractivity contribution < 1.29 is 19.1 Å². The van der Waals surface area contributed by atoms with Gasteiger partial charge in [-0.25, -0.2) is 9.78 Å². The third-order valence-corrected chi connectivity index (χ3v) is 5.05. The van der Waals surface area contributed by atoms with Gasteiger partial charge in [-0.15, -0.1) is 0 Å². The molecule has 0 aliphatic carbocycles. The number of esters is 2. The van der Waals surface area contributed by atoms with Crippen molar-refractivity contribution in [2.24, 2.45) is 5.11 Å². The summed E-state index contributed by atoms with van der Waals surface area (Å²) in [7, 11) is 0. The molecular weight excluding hydrogens is 450 g/mol. The van der Waals surface area contributed by atoms with E-state index in [9.17, 15) is 14.4 Å². The molecule has 0 N–H and O–H groups in total. The van der Waals surface area contributed by atoms with Crippen LogP contribution in [0.25, 0.3) is 21.5 Å². The molecule has 2 aromatic carbocycles. The summed E-state index contributed by atoms with van der Waals surface area (Å²) in [6, 6.07) is 15.5. The van der Waals surface area contributed by atoms with Crippen LogP contribution in [0.1, 0.15) is 49.2 Å². The standard InChI is InChI=1S/C25H27N5O5/c1-25(2,3)35-21(31)16-30-20-12-8-7-11-19(20)28-22(23(30)32)18(15-27-29-26)13-14-34-24(33)17-9-5-4-6-10-17/h4-12,18H,13-16H2,1-3H3/t18-/m1/s1. The molecule has 10 heteroatoms. The van der Waals surface area contributed by atoms with Crippen molar-refractivity contribution in [1.29, 1.82) is 0 Å². The summed E-state index contributed by atoms with van der Waals surface area (Å²) in [6.45, 7) is 4.86. The summed E-state index contributed by atoms with van der Waals surface area (Å²) in [5.41, 5.74) is 9.15. The van der Waals surface area contributed by atoms with Gasteiger partial charge in [-0.05, 0) is 57.0 Å². The molecule has 0 aliphatic heterocycles. The van der Waals surface area contributed by atoms with Gasteiger partial charge in [0, 0.05) is 17.4 Å². The molecule has 1 atom stereocenters. The van der Waals surface area contributed by atoms with Crippen LogP contribution in [0.5, 0.6) is 0 Å². The molecule has 3 aromatic rings. The zero-order valence-corrected chi connectivity index (χ0v) is 19.9. The highest BCUT2D eigenvalue weighted by Crippen LogP contribution is 2.20. The Morgan fingerprint density at radius 3 is 2.49 bits per heavy atom. The minimum atomic E-state index is -0.709. The molecule has 0 amide bonds. The number of para-hydroxylation sites is 2. The molecule has 0 saturated carbocycles. The minimum Gasteiger partial charge on any atom is -0.462 e. The van der Waals surface area contributed by atoms with Crippen LogP contribution < -0.4 is 5.56 Å². The number of hydrogen-bond donors (Lipinski definition) is 0. The van der Waals surface area contributed by atoms with Crippen molar-refractivity contribution in [3.8, 4) is 0 Å². The second-order valence-electron chi connectivity index (χ2n) is 8.86. The Morgan fingerprint density at radius 1 is 1.11 bits per heavy atom. The lowest BCUT2D eigenvalue weighted by Crippen LogP contribution is -2.34. The molecule has 182 valence electrons. The third kappa shape index (κ3) is 6.91. The van der Waals surface area contributed by atoms with E-state index in [1.165, 1.54) is 4.57 Å². The van der Waals surface area contributed by atoms with Gasteiger partial charge < -0.3 is 9.47 Å². The number of fused-ring (bicyclic) bond motifs is 1. The Hall–Kier alpha value is -4.17. The van der Waals surface area contributed by atoms with Gasteiger partial charge in [0.05, 0.1) is 23.2 Å². The van der Waals surface area contributed by atoms with Gasteiger partial charge in [0.15, 0.2) is 0 Å². The Kier molecular flexibility index (Phi) is 8.22. The number of rotatable bonds is 9. The number of azide groups is 1. The summed E-state index contributed by atoms with van der Waals surface area (Å²) in [5.74, 6) is -1.69. The first kappa shape index (κ1) is 25.5. The van der Waals surface area contributed by atoms with E-state index in [0.717, 1.165) is 0 Å². The number of ether oxygens (including phenoxy) is 2. The predicted octanol–water partition coefficient (Wildman–Crippen LogP) is 4.38. The van der Waals surface area contributed by atoms with Crippen molar-refractivity contribution in [3.05, 3.63) is 86.7 Å². The van der Waals surface area contributed by atoms with Gasteiger partial charge in [-0.2, -0.15) is 0 Å². The molecule has 0 saturated heterocycles. The van der Waals surface area contributed by atoms with Crippen LogP contribution in [0, 0.1) is 0 Å². The van der Waals surface area contributed by atoms with E-state index >= 15 is 0 Å². The van der Waals surface area contributed by atoms with Gasteiger partial charge >= 0.3 is 11.9 Å². The van der Waals surface area contributed by atoms with Gasteiger partial charge in [0.1, 0.15) is 17.8 Å². The van der Waals surface area contributed by atoms with Crippen LogP contribution in [0.3, 0.4) is 0 Å². The average Bonchev–Trinajstić information content (AvgIpc) is 2.82. The van der Waals surface area contributed by atoms with Gasteiger partial charge in [0.2, 0.25) is 0 Å². The summed E-state index contributed by atoms with van der Waals surface area (Å²) in [5, 5.41) is 3.62. The van der Waals surface area contributed by atoms with Crippen molar-refractivity contribution >= 4 is 23.0 Å². The van der Waals surface area contributed by atoms with Crippen LogP contribution >= 0.6 is 0 Å². The quantitative estimate of drug-likeness (QED) is 0.194.